The maximum Gasteiger partial charge on any atom is 0.315 e. The standard InChI is InChI=1S/C13H20N4O3/c1-17(2)11-6-5-10(8-15-11)9-16-13(20)14-7-3-4-12(18)19/h5-6,8H,3-4,7,9H2,1-2H3,(H,18,19)(H2,14,16,20). The van der Waals surface area contributed by atoms with Crippen molar-refractivity contribution in [2.45, 2.75) is 19.4 Å². The minimum atomic E-state index is -0.862. The van der Waals surface area contributed by atoms with E-state index in [0.717, 1.165) is 11.4 Å². The van der Waals surface area contributed by atoms with Crippen molar-refractivity contribution >= 4 is 17.8 Å². The molecule has 1 aromatic rings. The molecule has 0 spiro atoms. The van der Waals surface area contributed by atoms with Gasteiger partial charge in [-0.2, -0.15) is 0 Å². The number of amides is 2. The van der Waals surface area contributed by atoms with Crippen LogP contribution in [0.2, 0.25) is 0 Å². The highest BCUT2D eigenvalue weighted by Crippen LogP contribution is 2.07. The topological polar surface area (TPSA) is 94.6 Å². The Kier molecular flexibility index (Phi) is 6.28. The molecule has 0 saturated carbocycles. The summed E-state index contributed by atoms with van der Waals surface area (Å²) in [6, 6.07) is 3.46. The lowest BCUT2D eigenvalue weighted by Crippen LogP contribution is -2.35. The van der Waals surface area contributed by atoms with Crippen molar-refractivity contribution in [3.63, 3.8) is 0 Å². The molecule has 0 saturated heterocycles. The molecule has 0 aliphatic heterocycles. The van der Waals surface area contributed by atoms with Gasteiger partial charge in [0.15, 0.2) is 0 Å². The van der Waals surface area contributed by atoms with Crippen molar-refractivity contribution in [1.82, 2.24) is 15.6 Å². The van der Waals surface area contributed by atoms with Crippen molar-refractivity contribution in [3.8, 4) is 0 Å². The van der Waals surface area contributed by atoms with E-state index in [4.69, 9.17) is 5.11 Å². The number of hydrogen-bond donors (Lipinski definition) is 3. The number of carbonyl (C=O) groups excluding carboxylic acids is 1. The molecule has 0 atom stereocenters. The van der Waals surface area contributed by atoms with Gasteiger partial charge in [0.2, 0.25) is 0 Å². The van der Waals surface area contributed by atoms with Crippen LogP contribution in [0.25, 0.3) is 0 Å². The number of nitrogens with one attached hydrogen (secondary N) is 2. The van der Waals surface area contributed by atoms with Gasteiger partial charge >= 0.3 is 12.0 Å². The van der Waals surface area contributed by atoms with Crippen molar-refractivity contribution in [2.75, 3.05) is 25.5 Å². The zero-order valence-corrected chi connectivity index (χ0v) is 11.7. The fraction of sp³-hybridized carbons (Fsp3) is 0.462. The molecule has 7 nitrogen and oxygen atoms in total. The number of aliphatic carboxylic acids is 1. The van der Waals surface area contributed by atoms with Gasteiger partial charge in [0, 0.05) is 39.8 Å². The molecule has 0 aliphatic carbocycles. The van der Waals surface area contributed by atoms with Gasteiger partial charge in [-0.25, -0.2) is 9.78 Å². The first kappa shape index (κ1) is 15.7. The fourth-order valence-corrected chi connectivity index (χ4v) is 1.47. The third kappa shape index (κ3) is 6.03. The van der Waals surface area contributed by atoms with Gasteiger partial charge in [-0.15, -0.1) is 0 Å². The van der Waals surface area contributed by atoms with Gasteiger partial charge in [0.1, 0.15) is 5.82 Å². The minimum absolute atomic E-state index is 0.0518. The van der Waals surface area contributed by atoms with Crippen LogP contribution < -0.4 is 15.5 Å². The predicted molar refractivity (Wildman–Crippen MR) is 75.7 cm³/mol. The van der Waals surface area contributed by atoms with E-state index in [9.17, 15) is 9.59 Å². The number of rotatable bonds is 7. The highest BCUT2D eigenvalue weighted by molar-refractivity contribution is 5.73. The summed E-state index contributed by atoms with van der Waals surface area (Å²) in [6.45, 7) is 0.724. The Morgan fingerprint density at radius 1 is 1.30 bits per heavy atom. The van der Waals surface area contributed by atoms with E-state index < -0.39 is 5.97 Å². The van der Waals surface area contributed by atoms with Gasteiger partial charge < -0.3 is 20.6 Å². The van der Waals surface area contributed by atoms with Crippen molar-refractivity contribution in [2.24, 2.45) is 0 Å². The van der Waals surface area contributed by atoms with Crippen molar-refractivity contribution < 1.29 is 14.7 Å². The Morgan fingerprint density at radius 3 is 2.60 bits per heavy atom. The van der Waals surface area contributed by atoms with Crippen LogP contribution in [0.5, 0.6) is 0 Å². The fourth-order valence-electron chi connectivity index (χ4n) is 1.47. The first-order valence-corrected chi connectivity index (χ1v) is 6.35. The zero-order valence-electron chi connectivity index (χ0n) is 11.7. The molecule has 110 valence electrons. The van der Waals surface area contributed by atoms with Gasteiger partial charge in [0.05, 0.1) is 0 Å². The summed E-state index contributed by atoms with van der Waals surface area (Å²) in [7, 11) is 3.82. The van der Waals surface area contributed by atoms with Crippen LogP contribution in [-0.2, 0) is 11.3 Å². The molecule has 0 bridgehead atoms. The number of pyridine rings is 1. The lowest BCUT2D eigenvalue weighted by atomic mass is 10.3. The molecule has 3 N–H and O–H groups in total. The second kappa shape index (κ2) is 7.98. The zero-order chi connectivity index (χ0) is 15.0. The second-order valence-corrected chi connectivity index (χ2v) is 4.53. The largest absolute Gasteiger partial charge is 0.481 e. The SMILES string of the molecule is CN(C)c1ccc(CNC(=O)NCCCC(=O)O)cn1. The molecule has 0 aromatic carbocycles. The van der Waals surface area contributed by atoms with Gasteiger partial charge in [-0.1, -0.05) is 6.07 Å². The first-order chi connectivity index (χ1) is 9.49. The molecule has 1 rings (SSSR count). The molecule has 0 fully saturated rings. The normalized spacial score (nSPS) is 9.90. The molecule has 0 aliphatic rings. The van der Waals surface area contributed by atoms with Gasteiger partial charge in [-0.05, 0) is 18.1 Å². The van der Waals surface area contributed by atoms with Crippen LogP contribution in [0.15, 0.2) is 18.3 Å². The maximum absolute atomic E-state index is 11.4. The summed E-state index contributed by atoms with van der Waals surface area (Å²) >= 11 is 0. The van der Waals surface area contributed by atoms with Gasteiger partial charge in [-0.3, -0.25) is 4.79 Å². The summed E-state index contributed by atoms with van der Waals surface area (Å²) in [5.74, 6) is -0.00821. The monoisotopic (exact) mass is 280 g/mol. The number of carboxylic acid groups (broad SMARTS) is 1. The minimum Gasteiger partial charge on any atom is -0.481 e. The van der Waals surface area contributed by atoms with E-state index >= 15 is 0 Å². The number of anilines is 1. The number of nitrogens with zero attached hydrogens (tertiary/aromatic N) is 2. The summed E-state index contributed by atoms with van der Waals surface area (Å²) < 4.78 is 0. The van der Waals surface area contributed by atoms with E-state index in [0.29, 0.717) is 19.5 Å². The molecule has 1 aromatic heterocycles. The number of aromatic nitrogens is 1. The molecule has 0 radical (unpaired) electrons. The van der Waals surface area contributed by atoms with Crippen LogP contribution in [0.3, 0.4) is 0 Å². The lowest BCUT2D eigenvalue weighted by Gasteiger charge is -2.11. The molecule has 7 heteroatoms. The van der Waals surface area contributed by atoms with E-state index in [2.05, 4.69) is 15.6 Å². The molecule has 0 unspecified atom stereocenters. The van der Waals surface area contributed by atoms with Crippen LogP contribution in [0.4, 0.5) is 10.6 Å². The Labute approximate surface area is 118 Å². The van der Waals surface area contributed by atoms with E-state index in [1.165, 1.54) is 0 Å². The van der Waals surface area contributed by atoms with Crippen LogP contribution in [-0.4, -0.2) is 42.7 Å². The van der Waals surface area contributed by atoms with E-state index in [1.807, 2.05) is 31.1 Å². The van der Waals surface area contributed by atoms with E-state index in [-0.39, 0.29) is 12.5 Å². The Morgan fingerprint density at radius 2 is 2.05 bits per heavy atom. The average molecular weight is 280 g/mol. The summed E-state index contributed by atoms with van der Waals surface area (Å²) in [4.78, 5) is 27.9. The molecular weight excluding hydrogens is 260 g/mol. The quantitative estimate of drug-likeness (QED) is 0.643. The number of hydrogen-bond acceptors (Lipinski definition) is 4. The molecule has 20 heavy (non-hydrogen) atoms. The Bertz CT molecular complexity index is 445. The summed E-state index contributed by atoms with van der Waals surface area (Å²) in [5, 5.41) is 13.7. The highest BCUT2D eigenvalue weighted by atomic mass is 16.4. The van der Waals surface area contributed by atoms with Crippen molar-refractivity contribution in [3.05, 3.63) is 23.9 Å². The number of carbonyl (C=O) groups is 2. The van der Waals surface area contributed by atoms with E-state index in [1.54, 1.807) is 6.20 Å². The summed E-state index contributed by atoms with van der Waals surface area (Å²) in [5.41, 5.74) is 0.899. The second-order valence-electron chi connectivity index (χ2n) is 4.53. The summed E-state index contributed by atoms with van der Waals surface area (Å²) in [6.07, 6.45) is 2.18. The molecule has 1 heterocycles. The third-order valence-electron chi connectivity index (χ3n) is 2.57. The Hall–Kier alpha value is -2.31. The Balaban J connectivity index is 2.25. The third-order valence-corrected chi connectivity index (χ3v) is 2.57. The number of carboxylic acids is 1. The highest BCUT2D eigenvalue weighted by Gasteiger charge is 2.02. The molecule has 2 amide bonds. The number of urea groups is 1. The predicted octanol–water partition coefficient (Wildman–Crippen LogP) is 0.812. The van der Waals surface area contributed by atoms with Gasteiger partial charge in [0.25, 0.3) is 0 Å². The average Bonchev–Trinajstić information content (AvgIpc) is 2.41. The van der Waals surface area contributed by atoms with Crippen LogP contribution in [0, 0.1) is 0 Å². The first-order valence-electron chi connectivity index (χ1n) is 6.35. The van der Waals surface area contributed by atoms with Crippen molar-refractivity contribution in [1.29, 1.82) is 0 Å². The van der Waals surface area contributed by atoms with Crippen LogP contribution >= 0.6 is 0 Å². The van der Waals surface area contributed by atoms with Crippen LogP contribution in [0.1, 0.15) is 18.4 Å². The maximum atomic E-state index is 11.4. The molecular formula is C13H20N4O3. The lowest BCUT2D eigenvalue weighted by molar-refractivity contribution is -0.137. The smallest absolute Gasteiger partial charge is 0.315 e.